The Balaban J connectivity index is -0.0000000399. The van der Waals surface area contributed by atoms with Crippen molar-refractivity contribution in [1.29, 1.82) is 0 Å². The van der Waals surface area contributed by atoms with Gasteiger partial charge < -0.3 is 29.7 Å². The van der Waals surface area contributed by atoms with E-state index in [0.717, 1.165) is 6.42 Å². The first-order chi connectivity index (χ1) is 10.1. The maximum atomic E-state index is 8.40. The van der Waals surface area contributed by atoms with Crippen LogP contribution in [0.3, 0.4) is 0 Å². The molecule has 0 aromatic heterocycles. The van der Waals surface area contributed by atoms with E-state index in [4.69, 9.17) is 9.13 Å². The summed E-state index contributed by atoms with van der Waals surface area (Å²) < 4.78 is 18.2. The van der Waals surface area contributed by atoms with Gasteiger partial charge in [0.25, 0.3) is 0 Å². The molecule has 0 heterocycles. The molecule has 27 heavy (non-hydrogen) atoms. The van der Waals surface area contributed by atoms with Crippen molar-refractivity contribution in [3.63, 3.8) is 0 Å². The second kappa shape index (κ2) is 33.0. The first-order valence-corrected chi connectivity index (χ1v) is 8.04. The van der Waals surface area contributed by atoms with E-state index >= 15 is 0 Å². The van der Waals surface area contributed by atoms with E-state index in [9.17, 15) is 0 Å². The SMILES string of the molecule is C[C](C)=[Ti].Cl.Cl.O=[PH]=O.[C-]1=CC=CC1.[CH3-].[CH3-].[CH3-].[CH3-].c1ccc2[cH-]ccc2c1. The van der Waals surface area contributed by atoms with Gasteiger partial charge in [0.15, 0.2) is 0 Å². The molecule has 0 bridgehead atoms. The number of benzene rings is 1. The third-order valence-electron chi connectivity index (χ3n) is 2.13. The second-order valence-electron chi connectivity index (χ2n) is 4.24. The molecule has 6 heteroatoms. The van der Waals surface area contributed by atoms with Gasteiger partial charge in [0, 0.05) is 0 Å². The topological polar surface area (TPSA) is 34.1 Å². The predicted octanol–water partition coefficient (Wildman–Crippen LogP) is 7.61. The normalized spacial score (nSPS) is 8.04. The van der Waals surface area contributed by atoms with Crippen molar-refractivity contribution >= 4 is 47.7 Å². The minimum atomic E-state index is -1.42. The quantitative estimate of drug-likeness (QED) is 0.227. The smallest absolute Gasteiger partial charge is 0.303 e. The molecule has 0 spiro atoms. The molecule has 0 unspecified atom stereocenters. The molecule has 158 valence electrons. The van der Waals surface area contributed by atoms with E-state index in [1.54, 1.807) is 0 Å². The molecule has 1 aliphatic carbocycles. The Labute approximate surface area is 192 Å². The van der Waals surface area contributed by atoms with Gasteiger partial charge in [-0.3, -0.25) is 6.08 Å². The maximum absolute atomic E-state index is 8.40. The average molecular weight is 467 g/mol. The van der Waals surface area contributed by atoms with Crippen LogP contribution in [0.25, 0.3) is 10.8 Å². The van der Waals surface area contributed by atoms with Crippen LogP contribution in [0.1, 0.15) is 20.3 Å². The molecule has 3 rings (SSSR count). The summed E-state index contributed by atoms with van der Waals surface area (Å²) in [4.78, 5) is 0. The molecule has 2 aromatic rings. The fourth-order valence-corrected chi connectivity index (χ4v) is 1.41. The van der Waals surface area contributed by atoms with Crippen molar-refractivity contribution in [2.75, 3.05) is 0 Å². The molecular weight excluding hydrogens is 434 g/mol. The van der Waals surface area contributed by atoms with E-state index in [1.165, 1.54) is 14.6 Å². The molecule has 0 radical (unpaired) electrons. The van der Waals surface area contributed by atoms with Gasteiger partial charge >= 0.3 is 46.0 Å². The van der Waals surface area contributed by atoms with Crippen LogP contribution in [0.15, 0.2) is 60.7 Å². The monoisotopic (exact) mass is 466 g/mol. The number of allylic oxidation sites excluding steroid dienone is 4. The average Bonchev–Trinajstić information content (AvgIpc) is 3.14. The van der Waals surface area contributed by atoms with E-state index in [2.05, 4.69) is 88.4 Å². The summed E-state index contributed by atoms with van der Waals surface area (Å²) >= 11 is 2.08. The van der Waals surface area contributed by atoms with Crippen LogP contribution < -0.4 is 0 Å². The van der Waals surface area contributed by atoms with Crippen LogP contribution in [0, 0.1) is 35.8 Å². The first-order valence-electron chi connectivity index (χ1n) is 6.45. The largest absolute Gasteiger partial charge is 0.358 e. The zero-order valence-electron chi connectivity index (χ0n) is 17.1. The van der Waals surface area contributed by atoms with Crippen molar-refractivity contribution in [2.45, 2.75) is 20.3 Å². The number of hydrogen-bond donors (Lipinski definition) is 0. The molecule has 1 aliphatic rings. The Morgan fingerprint density at radius 3 is 1.85 bits per heavy atom. The van der Waals surface area contributed by atoms with Crippen molar-refractivity contribution in [1.82, 2.24) is 0 Å². The summed E-state index contributed by atoms with van der Waals surface area (Å²) in [6.45, 7) is 4.17. The van der Waals surface area contributed by atoms with Crippen LogP contribution in [0.2, 0.25) is 0 Å². The summed E-state index contributed by atoms with van der Waals surface area (Å²) in [7, 11) is -1.42. The Hall–Kier alpha value is -0.626. The predicted molar refractivity (Wildman–Crippen MR) is 127 cm³/mol. The van der Waals surface area contributed by atoms with Crippen molar-refractivity contribution < 1.29 is 29.1 Å². The van der Waals surface area contributed by atoms with E-state index in [-0.39, 0.29) is 54.5 Å². The standard InChI is InChI=1S/C9H7.C5H5.C3H6.4CH3.2ClH.HO2P.Ti/c1-2-5-9-7-3-6-8(9)4-1;1-2-4-5-3-1;1-3-2;;;;;;;1-3-2;/h1-7H;1-3H,4H2;1-2H3;4*1H3;2*1H;3H;/q2*-1;;4*-1;;;;. The summed E-state index contributed by atoms with van der Waals surface area (Å²) in [5.41, 5.74) is 0. The van der Waals surface area contributed by atoms with Gasteiger partial charge in [-0.25, -0.2) is 21.3 Å². The molecule has 2 aromatic carbocycles. The fourth-order valence-electron chi connectivity index (χ4n) is 1.41. The van der Waals surface area contributed by atoms with E-state index in [0.29, 0.717) is 0 Å². The van der Waals surface area contributed by atoms with Crippen LogP contribution >= 0.6 is 33.2 Å². The minimum absolute atomic E-state index is 0. The Bertz CT molecular complexity index is 588. The van der Waals surface area contributed by atoms with Gasteiger partial charge in [0.2, 0.25) is 0 Å². The number of hydrogen-bond acceptors (Lipinski definition) is 2. The van der Waals surface area contributed by atoms with Crippen LogP contribution in [-0.4, -0.2) is 3.81 Å². The third-order valence-corrected chi connectivity index (χ3v) is 2.13. The molecule has 0 saturated carbocycles. The van der Waals surface area contributed by atoms with Crippen LogP contribution in [0.4, 0.5) is 0 Å². The molecule has 0 atom stereocenters. The minimum Gasteiger partial charge on any atom is -0.358 e. The van der Waals surface area contributed by atoms with Crippen LogP contribution in [0.5, 0.6) is 0 Å². The van der Waals surface area contributed by atoms with Gasteiger partial charge in [-0.1, -0.05) is 6.07 Å². The Morgan fingerprint density at radius 1 is 1.04 bits per heavy atom. The molecule has 0 aliphatic heterocycles. The zero-order chi connectivity index (χ0) is 15.9. The van der Waals surface area contributed by atoms with E-state index < -0.39 is 8.34 Å². The molecule has 0 amide bonds. The summed E-state index contributed by atoms with van der Waals surface area (Å²) in [6.07, 6.45) is 10.0. The first kappa shape index (κ1) is 45.2. The summed E-state index contributed by atoms with van der Waals surface area (Å²) in [5.74, 6) is 0. The second-order valence-corrected chi connectivity index (χ2v) is 5.97. The van der Waals surface area contributed by atoms with Crippen molar-refractivity contribution in [3.05, 3.63) is 96.5 Å². The number of halogens is 2. The molecule has 0 fully saturated rings. The maximum Gasteiger partial charge on any atom is 0.303 e. The van der Waals surface area contributed by atoms with Crippen LogP contribution in [-0.2, 0) is 29.1 Å². The van der Waals surface area contributed by atoms with Gasteiger partial charge in [0.05, 0.1) is 0 Å². The molecule has 0 N–H and O–H groups in total. The Morgan fingerprint density at radius 2 is 1.52 bits per heavy atom. The van der Waals surface area contributed by atoms with Gasteiger partial charge in [-0.05, 0) is 0 Å². The van der Waals surface area contributed by atoms with Gasteiger partial charge in [-0.15, -0.1) is 60.9 Å². The fraction of sp³-hybridized carbons (Fsp3) is 0.143. The van der Waals surface area contributed by atoms with Crippen molar-refractivity contribution in [3.8, 4) is 0 Å². The van der Waals surface area contributed by atoms with Gasteiger partial charge in [-0.2, -0.15) is 23.6 Å². The summed E-state index contributed by atoms with van der Waals surface area (Å²) in [5, 5.41) is 2.66. The number of rotatable bonds is 0. The third kappa shape index (κ3) is 30.3. The van der Waals surface area contributed by atoms with Gasteiger partial charge in [0.1, 0.15) is 0 Å². The molecule has 2 nitrogen and oxygen atoms in total. The molecular formula is C21H33Cl2O2PTi-6. The Kier molecular flexibility index (Phi) is 55.3. The molecule has 0 saturated heterocycles. The number of fused-ring (bicyclic) bond motifs is 1. The zero-order valence-corrected chi connectivity index (χ0v) is 21.3. The summed E-state index contributed by atoms with van der Waals surface area (Å²) in [6, 6.07) is 14.7. The van der Waals surface area contributed by atoms with E-state index in [1.807, 2.05) is 12.2 Å². The van der Waals surface area contributed by atoms with Crippen molar-refractivity contribution in [2.24, 2.45) is 0 Å².